The van der Waals surface area contributed by atoms with E-state index >= 15 is 0 Å². The maximum Gasteiger partial charge on any atom is 0.259 e. The maximum atomic E-state index is 14.6. The number of β-lactam (4-membered cyclic amide) rings is 1. The quantitative estimate of drug-likeness (QED) is 0.484. The van der Waals surface area contributed by atoms with Crippen molar-refractivity contribution in [3.8, 4) is 5.75 Å². The number of anilines is 1. The molecule has 0 unspecified atom stereocenters. The summed E-state index contributed by atoms with van der Waals surface area (Å²) in [6.07, 6.45) is -3.34. The summed E-state index contributed by atoms with van der Waals surface area (Å²) in [5, 5.41) is 10.1. The van der Waals surface area contributed by atoms with Crippen molar-refractivity contribution in [2.45, 2.75) is 25.0 Å². The average Bonchev–Trinajstić information content (AvgIpc) is 3.14. The van der Waals surface area contributed by atoms with E-state index in [1.165, 1.54) is 6.33 Å². The minimum atomic E-state index is -2.60. The number of halogens is 4. The second kappa shape index (κ2) is 7.36. The molecule has 2 heterocycles. The van der Waals surface area contributed by atoms with Crippen LogP contribution < -0.4 is 9.64 Å². The molecule has 1 amide bonds. The van der Waals surface area contributed by atoms with Crippen LogP contribution in [0.5, 0.6) is 5.75 Å². The van der Waals surface area contributed by atoms with E-state index in [9.17, 15) is 27.5 Å². The molecule has 0 saturated carbocycles. The Morgan fingerprint density at radius 1 is 1.21 bits per heavy atom. The number of aromatic nitrogens is 2. The fraction of sp³-hybridized carbons (Fsp3) is 0.263. The molecule has 4 rings (SSSR count). The fourth-order valence-corrected chi connectivity index (χ4v) is 3.31. The first-order chi connectivity index (χ1) is 13.9. The molecule has 1 aliphatic heterocycles. The Labute approximate surface area is 161 Å². The number of carbonyl (C=O) groups is 1. The van der Waals surface area contributed by atoms with Crippen molar-refractivity contribution in [2.75, 3.05) is 11.5 Å². The number of amides is 1. The van der Waals surface area contributed by atoms with Gasteiger partial charge in [-0.2, -0.15) is 0 Å². The Balaban J connectivity index is 1.64. The molecule has 1 aromatic heterocycles. The Hall–Kier alpha value is -3.14. The summed E-state index contributed by atoms with van der Waals surface area (Å²) in [4.78, 5) is 20.2. The first kappa shape index (κ1) is 19.2. The monoisotopic (exact) mass is 409 g/mol. The molecular formula is C19H15F4N3O3. The van der Waals surface area contributed by atoms with E-state index in [1.807, 2.05) is 0 Å². The number of ether oxygens (including phenoxy) is 1. The lowest BCUT2D eigenvalue weighted by Gasteiger charge is -2.44. The number of carbonyl (C=O) groups excluding carboxylic acids is 1. The van der Waals surface area contributed by atoms with Crippen LogP contribution in [0.1, 0.15) is 18.0 Å². The zero-order valence-corrected chi connectivity index (χ0v) is 14.8. The Kier molecular flexibility index (Phi) is 4.87. The van der Waals surface area contributed by atoms with Crippen LogP contribution in [0.25, 0.3) is 11.0 Å². The SMILES string of the molecule is O=C1[C@H](O)[C@H](c2c(F)cc(OCCC(F)F)cc2F)N1c1ccc2nc[nH]c2c1. The van der Waals surface area contributed by atoms with Crippen molar-refractivity contribution >= 4 is 22.6 Å². The van der Waals surface area contributed by atoms with Gasteiger partial charge in [-0.1, -0.05) is 0 Å². The Morgan fingerprint density at radius 3 is 2.62 bits per heavy atom. The molecule has 2 N–H and O–H groups in total. The number of hydrogen-bond donors (Lipinski definition) is 2. The van der Waals surface area contributed by atoms with Gasteiger partial charge in [0.2, 0.25) is 6.43 Å². The molecule has 6 nitrogen and oxygen atoms in total. The zero-order chi connectivity index (χ0) is 20.7. The number of benzene rings is 2. The maximum absolute atomic E-state index is 14.6. The summed E-state index contributed by atoms with van der Waals surface area (Å²) in [5.74, 6) is -3.07. The number of aliphatic hydroxyl groups is 1. The number of rotatable bonds is 6. The highest BCUT2D eigenvalue weighted by molar-refractivity contribution is 6.05. The van der Waals surface area contributed by atoms with Crippen molar-refractivity contribution in [3.05, 3.63) is 53.9 Å². The number of aromatic amines is 1. The Morgan fingerprint density at radius 2 is 1.93 bits per heavy atom. The first-order valence-corrected chi connectivity index (χ1v) is 8.71. The lowest BCUT2D eigenvalue weighted by Crippen LogP contribution is -2.59. The van der Waals surface area contributed by atoms with E-state index in [4.69, 9.17) is 4.74 Å². The normalized spacial score (nSPS) is 19.1. The molecule has 2 atom stereocenters. The zero-order valence-electron chi connectivity index (χ0n) is 14.8. The highest BCUT2D eigenvalue weighted by Crippen LogP contribution is 2.42. The van der Waals surface area contributed by atoms with Crippen molar-refractivity contribution in [2.24, 2.45) is 0 Å². The highest BCUT2D eigenvalue weighted by Gasteiger charge is 2.50. The van der Waals surface area contributed by atoms with Gasteiger partial charge >= 0.3 is 0 Å². The predicted octanol–water partition coefficient (Wildman–Crippen LogP) is 3.32. The number of nitrogens with one attached hydrogen (secondary N) is 1. The summed E-state index contributed by atoms with van der Waals surface area (Å²) in [6, 6.07) is 5.17. The second-order valence-corrected chi connectivity index (χ2v) is 6.53. The van der Waals surface area contributed by atoms with E-state index < -0.39 is 54.7 Å². The molecule has 0 radical (unpaired) electrons. The van der Waals surface area contributed by atoms with Crippen LogP contribution in [-0.2, 0) is 4.79 Å². The third-order valence-corrected chi connectivity index (χ3v) is 4.70. The third kappa shape index (κ3) is 3.39. The van der Waals surface area contributed by atoms with Gasteiger partial charge in [0.05, 0.1) is 24.0 Å². The van der Waals surface area contributed by atoms with E-state index in [1.54, 1.807) is 18.2 Å². The minimum absolute atomic E-state index is 0.255. The molecule has 1 fully saturated rings. The summed E-state index contributed by atoms with van der Waals surface area (Å²) in [6.45, 7) is -0.406. The van der Waals surface area contributed by atoms with Crippen LogP contribution in [0.15, 0.2) is 36.7 Å². The van der Waals surface area contributed by atoms with Crippen LogP contribution in [0.2, 0.25) is 0 Å². The van der Waals surface area contributed by atoms with Crippen LogP contribution >= 0.6 is 0 Å². The number of aliphatic hydroxyl groups excluding tert-OH is 1. The Bertz CT molecular complexity index is 1050. The summed E-state index contributed by atoms with van der Waals surface area (Å²) < 4.78 is 58.6. The van der Waals surface area contributed by atoms with Gasteiger partial charge in [0, 0.05) is 29.8 Å². The van der Waals surface area contributed by atoms with Gasteiger partial charge in [-0.3, -0.25) is 9.69 Å². The van der Waals surface area contributed by atoms with Crippen LogP contribution in [0.4, 0.5) is 23.2 Å². The molecule has 0 bridgehead atoms. The van der Waals surface area contributed by atoms with Gasteiger partial charge in [0.15, 0.2) is 6.10 Å². The second-order valence-electron chi connectivity index (χ2n) is 6.53. The van der Waals surface area contributed by atoms with Gasteiger partial charge in [0.25, 0.3) is 5.91 Å². The molecule has 2 aromatic carbocycles. The third-order valence-electron chi connectivity index (χ3n) is 4.70. The number of alkyl halides is 2. The first-order valence-electron chi connectivity index (χ1n) is 8.71. The lowest BCUT2D eigenvalue weighted by molar-refractivity contribution is -0.137. The van der Waals surface area contributed by atoms with Crippen molar-refractivity contribution in [3.63, 3.8) is 0 Å². The molecule has 1 aliphatic rings. The predicted molar refractivity (Wildman–Crippen MR) is 94.8 cm³/mol. The fourth-order valence-electron chi connectivity index (χ4n) is 3.31. The molecule has 0 aliphatic carbocycles. The van der Waals surface area contributed by atoms with Crippen LogP contribution in [-0.4, -0.2) is 40.1 Å². The van der Waals surface area contributed by atoms with Gasteiger partial charge < -0.3 is 14.8 Å². The summed E-state index contributed by atoms with van der Waals surface area (Å²) >= 11 is 0. The summed E-state index contributed by atoms with van der Waals surface area (Å²) in [5.41, 5.74) is 1.07. The number of nitrogens with zero attached hydrogens (tertiary/aromatic N) is 2. The molecule has 10 heteroatoms. The van der Waals surface area contributed by atoms with Gasteiger partial charge in [-0.05, 0) is 18.2 Å². The largest absolute Gasteiger partial charge is 0.493 e. The average molecular weight is 409 g/mol. The molecule has 1 saturated heterocycles. The smallest absolute Gasteiger partial charge is 0.259 e. The standard InChI is InChI=1S/C19H15F4N3O3/c20-11-6-10(29-4-3-15(22)23)7-12(21)16(11)17-18(27)19(28)26(17)9-1-2-13-14(5-9)25-8-24-13/h1-2,5-8,15,17-18,27H,3-4H2,(H,24,25)/t17-,18+/m0/s1. The number of fused-ring (bicyclic) bond motifs is 1. The highest BCUT2D eigenvalue weighted by atomic mass is 19.3. The van der Waals surface area contributed by atoms with E-state index in [2.05, 4.69) is 9.97 Å². The number of H-pyrrole nitrogens is 1. The van der Waals surface area contributed by atoms with Crippen molar-refractivity contribution in [1.29, 1.82) is 0 Å². The lowest BCUT2D eigenvalue weighted by atomic mass is 9.89. The van der Waals surface area contributed by atoms with Crippen molar-refractivity contribution < 1.29 is 32.2 Å². The van der Waals surface area contributed by atoms with E-state index in [-0.39, 0.29) is 5.75 Å². The number of imidazole rings is 1. The van der Waals surface area contributed by atoms with Crippen LogP contribution in [0, 0.1) is 11.6 Å². The van der Waals surface area contributed by atoms with E-state index in [0.29, 0.717) is 16.7 Å². The van der Waals surface area contributed by atoms with E-state index in [0.717, 1.165) is 17.0 Å². The topological polar surface area (TPSA) is 78.5 Å². The molecule has 29 heavy (non-hydrogen) atoms. The number of hydrogen-bond acceptors (Lipinski definition) is 4. The molecule has 152 valence electrons. The summed E-state index contributed by atoms with van der Waals surface area (Å²) in [7, 11) is 0. The van der Waals surface area contributed by atoms with Gasteiger partial charge in [0.1, 0.15) is 23.4 Å². The van der Waals surface area contributed by atoms with Gasteiger partial charge in [-0.25, -0.2) is 22.5 Å². The van der Waals surface area contributed by atoms with Crippen molar-refractivity contribution in [1.82, 2.24) is 9.97 Å². The molecule has 0 spiro atoms. The van der Waals surface area contributed by atoms with Crippen LogP contribution in [0.3, 0.4) is 0 Å². The minimum Gasteiger partial charge on any atom is -0.493 e. The van der Waals surface area contributed by atoms with Gasteiger partial charge in [-0.15, -0.1) is 0 Å². The molecule has 3 aromatic rings. The molecular weight excluding hydrogens is 394 g/mol.